The van der Waals surface area contributed by atoms with Crippen LogP contribution in [-0.2, 0) is 0 Å². The SMILES string of the molecule is CC(CO)N(C)c1cccnc1C#N. The molecule has 0 radical (unpaired) electrons. The number of hydrogen-bond donors (Lipinski definition) is 1. The number of anilines is 1. The number of rotatable bonds is 3. The fraction of sp³-hybridized carbons (Fsp3) is 0.400. The van der Waals surface area contributed by atoms with Gasteiger partial charge in [-0.1, -0.05) is 0 Å². The van der Waals surface area contributed by atoms with Crippen molar-refractivity contribution in [1.82, 2.24) is 4.98 Å². The summed E-state index contributed by atoms with van der Waals surface area (Å²) in [6.45, 7) is 1.93. The van der Waals surface area contributed by atoms with Gasteiger partial charge in [-0.25, -0.2) is 4.98 Å². The summed E-state index contributed by atoms with van der Waals surface area (Å²) in [5.41, 5.74) is 1.13. The van der Waals surface area contributed by atoms with Crippen LogP contribution in [0.25, 0.3) is 0 Å². The van der Waals surface area contributed by atoms with Crippen molar-refractivity contribution in [2.24, 2.45) is 0 Å². The molecular formula is C10H13N3O. The van der Waals surface area contributed by atoms with Crippen molar-refractivity contribution in [3.05, 3.63) is 24.0 Å². The van der Waals surface area contributed by atoms with Gasteiger partial charge in [0.25, 0.3) is 0 Å². The molecule has 1 aromatic rings. The molecular weight excluding hydrogens is 178 g/mol. The molecule has 4 nitrogen and oxygen atoms in total. The van der Waals surface area contributed by atoms with E-state index in [4.69, 9.17) is 10.4 Å². The Morgan fingerprint density at radius 1 is 1.71 bits per heavy atom. The van der Waals surface area contributed by atoms with Crippen LogP contribution in [0.5, 0.6) is 0 Å². The van der Waals surface area contributed by atoms with E-state index in [0.717, 1.165) is 5.69 Å². The van der Waals surface area contributed by atoms with Gasteiger partial charge in [-0.15, -0.1) is 0 Å². The van der Waals surface area contributed by atoms with Gasteiger partial charge in [0, 0.05) is 19.3 Å². The Morgan fingerprint density at radius 2 is 2.43 bits per heavy atom. The third-order valence-corrected chi connectivity index (χ3v) is 2.20. The molecule has 14 heavy (non-hydrogen) atoms. The third kappa shape index (κ3) is 2.01. The molecule has 0 aliphatic carbocycles. The highest BCUT2D eigenvalue weighted by molar-refractivity contribution is 5.55. The molecule has 0 bridgehead atoms. The van der Waals surface area contributed by atoms with Crippen molar-refractivity contribution in [3.8, 4) is 6.07 Å². The van der Waals surface area contributed by atoms with Gasteiger partial charge in [-0.2, -0.15) is 5.26 Å². The largest absolute Gasteiger partial charge is 0.394 e. The minimum Gasteiger partial charge on any atom is -0.394 e. The molecule has 0 saturated carbocycles. The second-order valence-electron chi connectivity index (χ2n) is 3.13. The van der Waals surface area contributed by atoms with Crippen LogP contribution in [0, 0.1) is 11.3 Å². The molecule has 74 valence electrons. The lowest BCUT2D eigenvalue weighted by Crippen LogP contribution is -2.32. The monoisotopic (exact) mass is 191 g/mol. The van der Waals surface area contributed by atoms with Crippen molar-refractivity contribution in [2.45, 2.75) is 13.0 Å². The summed E-state index contributed by atoms with van der Waals surface area (Å²) < 4.78 is 0. The van der Waals surface area contributed by atoms with E-state index in [1.54, 1.807) is 12.3 Å². The number of nitriles is 1. The summed E-state index contributed by atoms with van der Waals surface area (Å²) >= 11 is 0. The van der Waals surface area contributed by atoms with Crippen LogP contribution >= 0.6 is 0 Å². The van der Waals surface area contributed by atoms with Gasteiger partial charge in [0.1, 0.15) is 6.07 Å². The Kier molecular flexibility index (Phi) is 3.43. The van der Waals surface area contributed by atoms with Gasteiger partial charge in [0.05, 0.1) is 12.3 Å². The first kappa shape index (κ1) is 10.5. The Balaban J connectivity index is 3.01. The van der Waals surface area contributed by atoms with Crippen molar-refractivity contribution >= 4 is 5.69 Å². The fourth-order valence-corrected chi connectivity index (χ4v) is 1.13. The van der Waals surface area contributed by atoms with Crippen LogP contribution in [0.2, 0.25) is 0 Å². The number of nitrogens with zero attached hydrogens (tertiary/aromatic N) is 3. The van der Waals surface area contributed by atoms with E-state index in [2.05, 4.69) is 4.98 Å². The highest BCUT2D eigenvalue weighted by Gasteiger charge is 2.12. The van der Waals surface area contributed by atoms with E-state index in [1.807, 2.05) is 31.0 Å². The molecule has 1 unspecified atom stereocenters. The molecule has 0 spiro atoms. The van der Waals surface area contributed by atoms with Crippen molar-refractivity contribution in [1.29, 1.82) is 5.26 Å². The lowest BCUT2D eigenvalue weighted by Gasteiger charge is -2.25. The number of aliphatic hydroxyl groups is 1. The van der Waals surface area contributed by atoms with Crippen molar-refractivity contribution in [3.63, 3.8) is 0 Å². The van der Waals surface area contributed by atoms with Crippen molar-refractivity contribution in [2.75, 3.05) is 18.6 Å². The van der Waals surface area contributed by atoms with Gasteiger partial charge in [-0.3, -0.25) is 0 Å². The van der Waals surface area contributed by atoms with Crippen LogP contribution in [0.4, 0.5) is 5.69 Å². The zero-order valence-electron chi connectivity index (χ0n) is 8.31. The maximum absolute atomic E-state index is 8.99. The summed E-state index contributed by atoms with van der Waals surface area (Å²) in [5.74, 6) is 0. The van der Waals surface area contributed by atoms with E-state index in [1.165, 1.54) is 0 Å². The maximum Gasteiger partial charge on any atom is 0.163 e. The molecule has 0 amide bonds. The van der Waals surface area contributed by atoms with E-state index < -0.39 is 0 Å². The number of aromatic nitrogens is 1. The molecule has 0 saturated heterocycles. The Morgan fingerprint density at radius 3 is 3.00 bits per heavy atom. The lowest BCUT2D eigenvalue weighted by molar-refractivity contribution is 0.270. The first-order chi connectivity index (χ1) is 6.70. The normalized spacial score (nSPS) is 11.9. The Labute approximate surface area is 83.4 Å². The minimum atomic E-state index is -0.0219. The molecule has 0 fully saturated rings. The molecule has 1 N–H and O–H groups in total. The smallest absolute Gasteiger partial charge is 0.163 e. The summed E-state index contributed by atoms with van der Waals surface area (Å²) in [5, 5.41) is 17.8. The first-order valence-corrected chi connectivity index (χ1v) is 4.39. The molecule has 1 heterocycles. The van der Waals surface area contributed by atoms with Gasteiger partial charge < -0.3 is 10.0 Å². The van der Waals surface area contributed by atoms with E-state index >= 15 is 0 Å². The fourth-order valence-electron chi connectivity index (χ4n) is 1.13. The Hall–Kier alpha value is -1.60. The highest BCUT2D eigenvalue weighted by Crippen LogP contribution is 2.17. The topological polar surface area (TPSA) is 60.1 Å². The average molecular weight is 191 g/mol. The number of pyridine rings is 1. The van der Waals surface area contributed by atoms with E-state index in [-0.39, 0.29) is 12.6 Å². The standard InChI is InChI=1S/C10H13N3O/c1-8(7-14)13(2)10-4-3-5-12-9(10)6-11/h3-5,8,14H,7H2,1-2H3. The molecule has 4 heteroatoms. The zero-order valence-corrected chi connectivity index (χ0v) is 8.31. The lowest BCUT2D eigenvalue weighted by atomic mass is 10.2. The average Bonchev–Trinajstić information content (AvgIpc) is 2.26. The van der Waals surface area contributed by atoms with Crippen LogP contribution in [0.15, 0.2) is 18.3 Å². The summed E-state index contributed by atoms with van der Waals surface area (Å²) in [7, 11) is 1.83. The quantitative estimate of drug-likeness (QED) is 0.766. The summed E-state index contributed by atoms with van der Waals surface area (Å²) in [6.07, 6.45) is 1.58. The number of hydrogen-bond acceptors (Lipinski definition) is 4. The highest BCUT2D eigenvalue weighted by atomic mass is 16.3. The maximum atomic E-state index is 8.99. The van der Waals surface area contributed by atoms with Gasteiger partial charge in [-0.05, 0) is 19.1 Å². The van der Waals surface area contributed by atoms with Gasteiger partial charge in [0.2, 0.25) is 0 Å². The van der Waals surface area contributed by atoms with E-state index in [9.17, 15) is 0 Å². The van der Waals surface area contributed by atoms with Crippen LogP contribution in [0.1, 0.15) is 12.6 Å². The summed E-state index contributed by atoms with van der Waals surface area (Å²) in [6, 6.07) is 5.59. The van der Waals surface area contributed by atoms with Gasteiger partial charge >= 0.3 is 0 Å². The zero-order chi connectivity index (χ0) is 10.6. The van der Waals surface area contributed by atoms with Gasteiger partial charge in [0.15, 0.2) is 5.69 Å². The van der Waals surface area contributed by atoms with Crippen LogP contribution in [0.3, 0.4) is 0 Å². The molecule has 0 aliphatic heterocycles. The molecule has 0 aliphatic rings. The van der Waals surface area contributed by atoms with Crippen LogP contribution < -0.4 is 4.90 Å². The predicted molar refractivity (Wildman–Crippen MR) is 53.9 cm³/mol. The number of aliphatic hydroxyl groups excluding tert-OH is 1. The Bertz CT molecular complexity index is 345. The second kappa shape index (κ2) is 4.58. The predicted octanol–water partition coefficient (Wildman–Crippen LogP) is 0.770. The molecule has 0 aromatic carbocycles. The second-order valence-corrected chi connectivity index (χ2v) is 3.13. The first-order valence-electron chi connectivity index (χ1n) is 4.39. The van der Waals surface area contributed by atoms with Crippen LogP contribution in [-0.4, -0.2) is 29.8 Å². The molecule has 1 atom stereocenters. The van der Waals surface area contributed by atoms with E-state index in [0.29, 0.717) is 5.69 Å². The molecule has 1 aromatic heterocycles. The van der Waals surface area contributed by atoms with Crippen molar-refractivity contribution < 1.29 is 5.11 Å². The minimum absolute atomic E-state index is 0.0219. The molecule has 1 rings (SSSR count). The third-order valence-electron chi connectivity index (χ3n) is 2.20. The summed E-state index contributed by atoms with van der Waals surface area (Å²) in [4.78, 5) is 5.79. The number of likely N-dealkylation sites (N-methyl/N-ethyl adjacent to an activating group) is 1.